The molecule has 22 heavy (non-hydrogen) atoms. The van der Waals surface area contributed by atoms with Gasteiger partial charge in [0.15, 0.2) is 0 Å². The summed E-state index contributed by atoms with van der Waals surface area (Å²) in [6.45, 7) is 0.458. The van der Waals surface area contributed by atoms with Crippen LogP contribution in [-0.2, 0) is 0 Å². The SMILES string of the molecule is O=C1NC(c2ccccc2)=CCN1c1cc(Br)c(O)c(Br)c1. The van der Waals surface area contributed by atoms with Crippen molar-refractivity contribution in [2.45, 2.75) is 0 Å². The van der Waals surface area contributed by atoms with Gasteiger partial charge >= 0.3 is 6.03 Å². The van der Waals surface area contributed by atoms with Crippen LogP contribution in [0.25, 0.3) is 5.70 Å². The molecule has 0 spiro atoms. The van der Waals surface area contributed by atoms with Gasteiger partial charge in [0.1, 0.15) is 5.75 Å². The number of phenolic OH excluding ortho intramolecular Hbond substituents is 1. The number of aromatic hydroxyl groups is 1. The van der Waals surface area contributed by atoms with Gasteiger partial charge in [0.05, 0.1) is 8.95 Å². The number of halogens is 2. The highest BCUT2D eigenvalue weighted by molar-refractivity contribution is 9.11. The minimum Gasteiger partial charge on any atom is -0.506 e. The van der Waals surface area contributed by atoms with Gasteiger partial charge in [-0.2, -0.15) is 0 Å². The molecule has 1 heterocycles. The number of benzene rings is 2. The van der Waals surface area contributed by atoms with Crippen LogP contribution in [-0.4, -0.2) is 17.7 Å². The Morgan fingerprint density at radius 3 is 2.32 bits per heavy atom. The second kappa shape index (κ2) is 6.14. The van der Waals surface area contributed by atoms with Crippen LogP contribution in [0.1, 0.15) is 5.56 Å². The van der Waals surface area contributed by atoms with Crippen LogP contribution < -0.4 is 10.2 Å². The van der Waals surface area contributed by atoms with Gasteiger partial charge in [0.25, 0.3) is 0 Å². The molecule has 0 aliphatic carbocycles. The minimum absolute atomic E-state index is 0.113. The number of nitrogens with zero attached hydrogens (tertiary/aromatic N) is 1. The van der Waals surface area contributed by atoms with Crippen molar-refractivity contribution < 1.29 is 9.90 Å². The third kappa shape index (κ3) is 2.89. The van der Waals surface area contributed by atoms with Gasteiger partial charge in [-0.25, -0.2) is 4.79 Å². The fourth-order valence-corrected chi connectivity index (χ4v) is 3.40. The molecule has 112 valence electrons. The van der Waals surface area contributed by atoms with Gasteiger partial charge in [-0.3, -0.25) is 4.90 Å². The number of carbonyl (C=O) groups is 1. The van der Waals surface area contributed by atoms with E-state index in [9.17, 15) is 9.90 Å². The van der Waals surface area contributed by atoms with Gasteiger partial charge < -0.3 is 10.4 Å². The molecule has 0 saturated heterocycles. The van der Waals surface area contributed by atoms with Crippen LogP contribution in [0.5, 0.6) is 5.75 Å². The largest absolute Gasteiger partial charge is 0.506 e. The first kappa shape index (κ1) is 15.1. The summed E-state index contributed by atoms with van der Waals surface area (Å²) >= 11 is 6.56. The molecule has 0 radical (unpaired) electrons. The summed E-state index contributed by atoms with van der Waals surface area (Å²) in [5, 5.41) is 12.7. The predicted octanol–water partition coefficient (Wildman–Crippen LogP) is 4.49. The Labute approximate surface area is 144 Å². The van der Waals surface area contributed by atoms with Crippen molar-refractivity contribution in [2.24, 2.45) is 0 Å². The first-order valence-corrected chi connectivity index (χ1v) is 8.17. The van der Waals surface area contributed by atoms with Crippen LogP contribution in [0, 0.1) is 0 Å². The van der Waals surface area contributed by atoms with Crippen molar-refractivity contribution >= 4 is 49.3 Å². The number of amides is 2. The van der Waals surface area contributed by atoms with Gasteiger partial charge in [-0.05, 0) is 55.6 Å². The van der Waals surface area contributed by atoms with E-state index in [1.807, 2.05) is 36.4 Å². The molecule has 0 saturated carbocycles. The van der Waals surface area contributed by atoms with Crippen LogP contribution in [0.4, 0.5) is 10.5 Å². The van der Waals surface area contributed by atoms with Gasteiger partial charge in [0, 0.05) is 17.9 Å². The van der Waals surface area contributed by atoms with Crippen molar-refractivity contribution in [1.29, 1.82) is 0 Å². The lowest BCUT2D eigenvalue weighted by Gasteiger charge is -2.28. The molecule has 0 bridgehead atoms. The molecule has 4 nitrogen and oxygen atoms in total. The lowest BCUT2D eigenvalue weighted by molar-refractivity contribution is 0.250. The van der Waals surface area contributed by atoms with Crippen LogP contribution in [0.15, 0.2) is 57.5 Å². The summed E-state index contributed by atoms with van der Waals surface area (Å²) < 4.78 is 1.06. The summed E-state index contributed by atoms with van der Waals surface area (Å²) in [5.74, 6) is 0.113. The van der Waals surface area contributed by atoms with E-state index in [1.165, 1.54) is 0 Å². The van der Waals surface area contributed by atoms with E-state index in [0.717, 1.165) is 11.3 Å². The average molecular weight is 424 g/mol. The number of urea groups is 1. The molecule has 0 unspecified atom stereocenters. The topological polar surface area (TPSA) is 52.6 Å². The van der Waals surface area contributed by atoms with Crippen molar-refractivity contribution in [3.8, 4) is 5.75 Å². The van der Waals surface area contributed by atoms with Crippen LogP contribution in [0.2, 0.25) is 0 Å². The molecular formula is C16H12Br2N2O2. The number of rotatable bonds is 2. The van der Waals surface area contributed by atoms with Crippen molar-refractivity contribution in [3.05, 3.63) is 63.0 Å². The Bertz CT molecular complexity index is 737. The molecule has 2 amide bonds. The number of hydrogen-bond donors (Lipinski definition) is 2. The number of anilines is 1. The smallest absolute Gasteiger partial charge is 0.326 e. The van der Waals surface area contributed by atoms with E-state index in [2.05, 4.69) is 37.2 Å². The Morgan fingerprint density at radius 1 is 1.09 bits per heavy atom. The third-order valence-corrected chi connectivity index (χ3v) is 4.57. The first-order valence-electron chi connectivity index (χ1n) is 6.58. The summed E-state index contributed by atoms with van der Waals surface area (Å²) in [5.41, 5.74) is 2.47. The zero-order valence-corrected chi connectivity index (χ0v) is 14.6. The molecule has 6 heteroatoms. The maximum absolute atomic E-state index is 12.4. The third-order valence-electron chi connectivity index (χ3n) is 3.36. The first-order chi connectivity index (χ1) is 10.6. The maximum atomic E-state index is 12.4. The van der Waals surface area contributed by atoms with E-state index >= 15 is 0 Å². The molecule has 1 aliphatic rings. The van der Waals surface area contributed by atoms with E-state index in [-0.39, 0.29) is 11.8 Å². The highest BCUT2D eigenvalue weighted by atomic mass is 79.9. The number of hydrogen-bond acceptors (Lipinski definition) is 2. The lowest BCUT2D eigenvalue weighted by atomic mass is 10.1. The zero-order chi connectivity index (χ0) is 15.7. The van der Waals surface area contributed by atoms with E-state index in [1.54, 1.807) is 17.0 Å². The van der Waals surface area contributed by atoms with Crippen LogP contribution in [0.3, 0.4) is 0 Å². The molecule has 2 N–H and O–H groups in total. The second-order valence-corrected chi connectivity index (χ2v) is 6.49. The highest BCUT2D eigenvalue weighted by Gasteiger charge is 2.22. The molecule has 0 fully saturated rings. The standard InChI is InChI=1S/C16H12Br2N2O2/c17-12-8-11(9-13(18)15(12)21)20-7-6-14(19-16(20)22)10-4-2-1-3-5-10/h1-6,8-9,21H,7H2,(H,19,22). The minimum atomic E-state index is -0.203. The lowest BCUT2D eigenvalue weighted by Crippen LogP contribution is -2.43. The molecule has 3 rings (SSSR count). The second-order valence-electron chi connectivity index (χ2n) is 4.78. The molecule has 2 aromatic rings. The molecule has 0 atom stereocenters. The van der Waals surface area contributed by atoms with E-state index in [0.29, 0.717) is 21.2 Å². The maximum Gasteiger partial charge on any atom is 0.326 e. The Kier molecular flexibility index (Phi) is 4.22. The summed E-state index contributed by atoms with van der Waals surface area (Å²) in [7, 11) is 0. The fourth-order valence-electron chi connectivity index (χ4n) is 2.24. The van der Waals surface area contributed by atoms with Crippen molar-refractivity contribution in [1.82, 2.24) is 5.32 Å². The number of nitrogens with one attached hydrogen (secondary N) is 1. The average Bonchev–Trinajstić information content (AvgIpc) is 2.53. The molecular weight excluding hydrogens is 412 g/mol. The van der Waals surface area contributed by atoms with Gasteiger partial charge in [0.2, 0.25) is 0 Å². The Hall–Kier alpha value is -1.79. The quantitative estimate of drug-likeness (QED) is 0.747. The monoisotopic (exact) mass is 422 g/mol. The van der Waals surface area contributed by atoms with E-state index < -0.39 is 0 Å². The number of carbonyl (C=O) groups excluding carboxylic acids is 1. The van der Waals surface area contributed by atoms with Crippen molar-refractivity contribution in [2.75, 3.05) is 11.4 Å². The summed E-state index contributed by atoms with van der Waals surface area (Å²) in [6, 6.07) is 12.9. The molecule has 2 aromatic carbocycles. The van der Waals surface area contributed by atoms with E-state index in [4.69, 9.17) is 0 Å². The Balaban J connectivity index is 1.90. The highest BCUT2D eigenvalue weighted by Crippen LogP contribution is 2.37. The fraction of sp³-hybridized carbons (Fsp3) is 0.0625. The summed E-state index contributed by atoms with van der Waals surface area (Å²) in [6.07, 6.45) is 1.96. The molecule has 1 aliphatic heterocycles. The normalized spacial score (nSPS) is 14.5. The van der Waals surface area contributed by atoms with Crippen molar-refractivity contribution in [3.63, 3.8) is 0 Å². The van der Waals surface area contributed by atoms with Gasteiger partial charge in [-0.1, -0.05) is 30.3 Å². The predicted molar refractivity (Wildman–Crippen MR) is 93.8 cm³/mol. The number of phenols is 1. The molecule has 0 aromatic heterocycles. The Morgan fingerprint density at radius 2 is 1.73 bits per heavy atom. The summed E-state index contributed by atoms with van der Waals surface area (Å²) in [4.78, 5) is 14.0. The zero-order valence-electron chi connectivity index (χ0n) is 11.4. The van der Waals surface area contributed by atoms with Crippen LogP contribution >= 0.6 is 31.9 Å². The van der Waals surface area contributed by atoms with Gasteiger partial charge in [-0.15, -0.1) is 0 Å².